The molecule has 5 nitrogen and oxygen atoms in total. The number of hydrogen-bond acceptors (Lipinski definition) is 5. The lowest BCUT2D eigenvalue weighted by atomic mass is 9.91. The Morgan fingerprint density at radius 1 is 0.939 bits per heavy atom. The maximum absolute atomic E-state index is 11.3. The zero-order chi connectivity index (χ0) is 23.2. The van der Waals surface area contributed by atoms with Crippen LogP contribution in [0.15, 0.2) is 83.8 Å². The Hall–Kier alpha value is -2.64. The average Bonchev–Trinajstić information content (AvgIpc) is 2.84. The fourth-order valence-corrected chi connectivity index (χ4v) is 5.02. The second-order valence-corrected chi connectivity index (χ2v) is 9.34. The Balaban J connectivity index is 1.57. The summed E-state index contributed by atoms with van der Waals surface area (Å²) in [6, 6.07) is 25.8. The van der Waals surface area contributed by atoms with Crippen LogP contribution >= 0.6 is 11.8 Å². The summed E-state index contributed by atoms with van der Waals surface area (Å²) in [4.78, 5) is 12.5. The number of carbonyl (C=O) groups excluding carboxylic acids is 1. The molecule has 4 atom stereocenters. The number of hydrogen-bond donors (Lipinski definition) is 2. The van der Waals surface area contributed by atoms with Crippen molar-refractivity contribution in [2.45, 2.75) is 43.8 Å². The van der Waals surface area contributed by atoms with Crippen molar-refractivity contribution in [2.75, 3.05) is 11.1 Å². The summed E-state index contributed by atoms with van der Waals surface area (Å²) in [5.74, 6) is 0.836. The Morgan fingerprint density at radius 3 is 2.24 bits per heavy atom. The van der Waals surface area contributed by atoms with Gasteiger partial charge in [-0.1, -0.05) is 61.5 Å². The minimum absolute atomic E-state index is 0.0179. The molecule has 0 spiro atoms. The molecular weight excluding hydrogens is 434 g/mol. The third kappa shape index (κ3) is 6.03. The Kier molecular flexibility index (Phi) is 7.83. The van der Waals surface area contributed by atoms with Gasteiger partial charge >= 0.3 is 0 Å². The summed E-state index contributed by atoms with van der Waals surface area (Å²) >= 11 is 1.78. The molecule has 4 rings (SSSR count). The van der Waals surface area contributed by atoms with Gasteiger partial charge in [-0.15, -0.1) is 11.8 Å². The fourth-order valence-electron chi connectivity index (χ4n) is 3.93. The maximum atomic E-state index is 11.3. The number of ether oxygens (including phenoxy) is 2. The topological polar surface area (TPSA) is 67.8 Å². The molecule has 1 heterocycles. The van der Waals surface area contributed by atoms with Crippen LogP contribution in [-0.4, -0.2) is 22.9 Å². The highest BCUT2D eigenvalue weighted by atomic mass is 32.2. The first-order valence-electron chi connectivity index (χ1n) is 11.1. The monoisotopic (exact) mass is 463 g/mol. The van der Waals surface area contributed by atoms with E-state index in [1.807, 2.05) is 66.7 Å². The van der Waals surface area contributed by atoms with Crippen molar-refractivity contribution < 1.29 is 19.4 Å². The van der Waals surface area contributed by atoms with Crippen LogP contribution in [-0.2, 0) is 20.9 Å². The summed E-state index contributed by atoms with van der Waals surface area (Å²) in [5, 5.41) is 12.2. The maximum Gasteiger partial charge on any atom is 0.221 e. The van der Waals surface area contributed by atoms with Crippen molar-refractivity contribution >= 4 is 23.4 Å². The molecule has 0 saturated carbocycles. The van der Waals surface area contributed by atoms with E-state index < -0.39 is 6.29 Å². The minimum atomic E-state index is -0.517. The van der Waals surface area contributed by atoms with E-state index >= 15 is 0 Å². The summed E-state index contributed by atoms with van der Waals surface area (Å²) in [6.07, 6.45) is -0.684. The molecular formula is C27H29NO4S. The molecule has 0 radical (unpaired) electrons. The van der Waals surface area contributed by atoms with E-state index in [4.69, 9.17) is 9.47 Å². The Bertz CT molecular complexity index is 1040. The van der Waals surface area contributed by atoms with Gasteiger partial charge in [0.2, 0.25) is 5.91 Å². The van der Waals surface area contributed by atoms with Gasteiger partial charge in [-0.05, 0) is 35.4 Å². The molecule has 0 aliphatic carbocycles. The molecule has 3 aromatic carbocycles. The zero-order valence-electron chi connectivity index (χ0n) is 18.8. The van der Waals surface area contributed by atoms with Gasteiger partial charge in [0.15, 0.2) is 6.29 Å². The first-order chi connectivity index (χ1) is 16.0. The predicted molar refractivity (Wildman–Crippen MR) is 131 cm³/mol. The number of rotatable bonds is 7. The van der Waals surface area contributed by atoms with E-state index in [2.05, 4.69) is 24.4 Å². The molecule has 1 saturated heterocycles. The van der Waals surface area contributed by atoms with Crippen molar-refractivity contribution in [3.63, 3.8) is 0 Å². The van der Waals surface area contributed by atoms with Crippen LogP contribution in [0, 0.1) is 5.92 Å². The first kappa shape index (κ1) is 23.5. The molecule has 6 heteroatoms. The van der Waals surface area contributed by atoms with Gasteiger partial charge < -0.3 is 19.9 Å². The summed E-state index contributed by atoms with van der Waals surface area (Å²) in [6.45, 7) is 3.67. The lowest BCUT2D eigenvalue weighted by Gasteiger charge is -2.41. The van der Waals surface area contributed by atoms with E-state index in [9.17, 15) is 9.90 Å². The van der Waals surface area contributed by atoms with Gasteiger partial charge in [0.25, 0.3) is 0 Å². The molecule has 3 aromatic rings. The smallest absolute Gasteiger partial charge is 0.221 e. The predicted octanol–water partition coefficient (Wildman–Crippen LogP) is 5.72. The molecule has 0 unspecified atom stereocenters. The van der Waals surface area contributed by atoms with Crippen LogP contribution in [0.25, 0.3) is 0 Å². The van der Waals surface area contributed by atoms with Crippen molar-refractivity contribution in [3.8, 4) is 0 Å². The van der Waals surface area contributed by atoms with Crippen LogP contribution in [0.4, 0.5) is 5.69 Å². The van der Waals surface area contributed by atoms with Gasteiger partial charge in [0, 0.05) is 34.7 Å². The average molecular weight is 464 g/mol. The van der Waals surface area contributed by atoms with Crippen LogP contribution in [0.1, 0.15) is 42.9 Å². The number of aliphatic hydroxyl groups excluding tert-OH is 1. The second kappa shape index (κ2) is 11.0. The van der Waals surface area contributed by atoms with Crippen molar-refractivity contribution in [3.05, 3.63) is 95.6 Å². The highest BCUT2D eigenvalue weighted by Gasteiger charge is 2.38. The Morgan fingerprint density at radius 2 is 1.61 bits per heavy atom. The van der Waals surface area contributed by atoms with Crippen LogP contribution in [0.3, 0.4) is 0 Å². The lowest BCUT2D eigenvalue weighted by Crippen LogP contribution is -2.38. The largest absolute Gasteiger partial charge is 0.392 e. The normalized spacial score (nSPS) is 22.6. The highest BCUT2D eigenvalue weighted by Crippen LogP contribution is 2.43. The van der Waals surface area contributed by atoms with Gasteiger partial charge in [0.1, 0.15) is 0 Å². The number of nitrogens with one attached hydrogen (secondary N) is 1. The van der Waals surface area contributed by atoms with Crippen LogP contribution < -0.4 is 5.32 Å². The third-order valence-corrected chi connectivity index (χ3v) is 6.88. The van der Waals surface area contributed by atoms with Gasteiger partial charge in [-0.3, -0.25) is 4.79 Å². The summed E-state index contributed by atoms with van der Waals surface area (Å²) < 4.78 is 12.9. The number of amides is 1. The molecule has 0 bridgehead atoms. The number of benzene rings is 3. The van der Waals surface area contributed by atoms with Gasteiger partial charge in [-0.2, -0.15) is 0 Å². The summed E-state index contributed by atoms with van der Waals surface area (Å²) in [5.41, 5.74) is 3.59. The molecule has 0 aromatic heterocycles. The van der Waals surface area contributed by atoms with Gasteiger partial charge in [0.05, 0.1) is 18.8 Å². The number of anilines is 1. The fraction of sp³-hybridized carbons (Fsp3) is 0.296. The van der Waals surface area contributed by atoms with Crippen molar-refractivity contribution in [2.24, 2.45) is 5.92 Å². The molecule has 33 heavy (non-hydrogen) atoms. The Labute approximate surface area is 199 Å². The lowest BCUT2D eigenvalue weighted by molar-refractivity contribution is -0.268. The van der Waals surface area contributed by atoms with Crippen LogP contribution in [0.5, 0.6) is 0 Å². The van der Waals surface area contributed by atoms with Crippen molar-refractivity contribution in [1.82, 2.24) is 0 Å². The molecule has 2 N–H and O–H groups in total. The van der Waals surface area contributed by atoms with Crippen LogP contribution in [0.2, 0.25) is 0 Å². The van der Waals surface area contributed by atoms with E-state index in [1.165, 1.54) is 11.8 Å². The minimum Gasteiger partial charge on any atom is -0.392 e. The number of aliphatic hydroxyl groups is 1. The molecule has 1 fully saturated rings. The molecule has 1 aliphatic rings. The third-order valence-electron chi connectivity index (χ3n) is 5.78. The summed E-state index contributed by atoms with van der Waals surface area (Å²) in [7, 11) is 0. The number of carbonyl (C=O) groups is 1. The van der Waals surface area contributed by atoms with E-state index in [0.717, 1.165) is 28.1 Å². The SMILES string of the molecule is CC(=O)Nc1ccc([C@@H]2O[C@H](CSc3ccccc3)[C@H](C)[C@H](c3ccc(CO)cc3)O2)cc1. The second-order valence-electron chi connectivity index (χ2n) is 8.25. The molecule has 172 valence electrons. The van der Waals surface area contributed by atoms with E-state index in [0.29, 0.717) is 0 Å². The quantitative estimate of drug-likeness (QED) is 0.439. The number of thioether (sulfide) groups is 1. The van der Waals surface area contributed by atoms with Crippen molar-refractivity contribution in [1.29, 1.82) is 0 Å². The van der Waals surface area contributed by atoms with E-state index in [1.54, 1.807) is 11.8 Å². The van der Waals surface area contributed by atoms with E-state index in [-0.39, 0.29) is 30.6 Å². The zero-order valence-corrected chi connectivity index (χ0v) is 19.6. The standard InChI is InChI=1S/C27H29NO4S/c1-18-25(17-33-24-6-4-3-5-7-24)31-27(22-12-14-23(15-13-22)28-19(2)30)32-26(18)21-10-8-20(16-29)9-11-21/h3-15,18,25-27,29H,16-17H2,1-2H3,(H,28,30)/t18-,25+,26+,27+/m0/s1. The highest BCUT2D eigenvalue weighted by molar-refractivity contribution is 7.99. The van der Waals surface area contributed by atoms with Gasteiger partial charge in [-0.25, -0.2) is 0 Å². The molecule has 1 amide bonds. The molecule has 1 aliphatic heterocycles. The first-order valence-corrected chi connectivity index (χ1v) is 12.1.